The Labute approximate surface area is 99.8 Å². The van der Waals surface area contributed by atoms with Crippen molar-refractivity contribution in [3.63, 3.8) is 0 Å². The quantitative estimate of drug-likeness (QED) is 0.432. The van der Waals surface area contributed by atoms with Crippen LogP contribution in [-0.2, 0) is 14.4 Å². The van der Waals surface area contributed by atoms with Crippen LogP contribution in [0.2, 0.25) is 0 Å². The maximum absolute atomic E-state index is 11.3. The normalized spacial score (nSPS) is 20.1. The molecule has 0 aromatic rings. The van der Waals surface area contributed by atoms with Gasteiger partial charge in [0.1, 0.15) is 0 Å². The predicted octanol–water partition coefficient (Wildman–Crippen LogP) is 0.0262. The fourth-order valence-corrected chi connectivity index (χ4v) is 1.74. The molecule has 3 N–H and O–H groups in total. The molecule has 96 valence electrons. The fourth-order valence-electron chi connectivity index (χ4n) is 1.74. The number of nitrogens with one attached hydrogen (secondary N) is 2. The number of hydrogen-bond donors (Lipinski definition) is 3. The molecule has 0 aromatic carbocycles. The van der Waals surface area contributed by atoms with Crippen molar-refractivity contribution in [1.82, 2.24) is 10.6 Å². The third kappa shape index (κ3) is 5.44. The first-order valence-corrected chi connectivity index (χ1v) is 5.88. The Morgan fingerprint density at radius 1 is 1.35 bits per heavy atom. The highest BCUT2D eigenvalue weighted by molar-refractivity contribution is 6.00. The van der Waals surface area contributed by atoms with Gasteiger partial charge in [0.05, 0.1) is 6.04 Å². The number of aliphatic carboxylic acids is 1. The lowest BCUT2D eigenvalue weighted by Crippen LogP contribution is -2.50. The van der Waals surface area contributed by atoms with Gasteiger partial charge in [0.2, 0.25) is 11.8 Å². The Morgan fingerprint density at radius 3 is 2.76 bits per heavy atom. The number of carbonyl (C=O) groups excluding carboxylic acids is 2. The van der Waals surface area contributed by atoms with Crippen LogP contribution in [0.25, 0.3) is 0 Å². The van der Waals surface area contributed by atoms with E-state index in [9.17, 15) is 14.4 Å². The highest BCUT2D eigenvalue weighted by Crippen LogP contribution is 2.05. The Kier molecular flexibility index (Phi) is 5.62. The lowest BCUT2D eigenvalue weighted by molar-refractivity contribution is -0.137. The second-order valence-corrected chi connectivity index (χ2v) is 4.16. The molecule has 1 saturated heterocycles. The van der Waals surface area contributed by atoms with Crippen molar-refractivity contribution in [2.24, 2.45) is 0 Å². The van der Waals surface area contributed by atoms with Crippen LogP contribution in [0.3, 0.4) is 0 Å². The number of amides is 2. The van der Waals surface area contributed by atoms with Crippen LogP contribution < -0.4 is 10.6 Å². The van der Waals surface area contributed by atoms with Crippen molar-refractivity contribution < 1.29 is 19.5 Å². The average Bonchev–Trinajstić information content (AvgIpc) is 2.25. The second-order valence-electron chi connectivity index (χ2n) is 4.16. The maximum atomic E-state index is 11.3. The van der Waals surface area contributed by atoms with Crippen LogP contribution in [-0.4, -0.2) is 35.5 Å². The van der Waals surface area contributed by atoms with E-state index in [-0.39, 0.29) is 24.3 Å². The van der Waals surface area contributed by atoms with Crippen LogP contribution in [0, 0.1) is 0 Å². The first-order chi connectivity index (χ1) is 8.09. The summed E-state index contributed by atoms with van der Waals surface area (Å²) in [4.78, 5) is 32.5. The molecule has 0 spiro atoms. The van der Waals surface area contributed by atoms with Crippen molar-refractivity contribution in [3.8, 4) is 0 Å². The van der Waals surface area contributed by atoms with Crippen LogP contribution in [0.5, 0.6) is 0 Å². The summed E-state index contributed by atoms with van der Waals surface area (Å²) in [5.41, 5.74) is 0. The van der Waals surface area contributed by atoms with Gasteiger partial charge in [-0.25, -0.2) is 0 Å². The molecule has 0 aromatic heterocycles. The molecule has 0 bridgehead atoms. The van der Waals surface area contributed by atoms with Gasteiger partial charge in [-0.15, -0.1) is 0 Å². The lowest BCUT2D eigenvalue weighted by atomic mass is 10.1. The summed E-state index contributed by atoms with van der Waals surface area (Å²) in [6.07, 6.45) is 3.44. The van der Waals surface area contributed by atoms with Gasteiger partial charge in [-0.2, -0.15) is 0 Å². The number of piperidine rings is 1. The average molecular weight is 242 g/mol. The molecule has 1 unspecified atom stereocenters. The number of unbranched alkanes of at least 4 members (excludes halogenated alkanes) is 2. The molecule has 17 heavy (non-hydrogen) atoms. The minimum absolute atomic E-state index is 0.193. The van der Waals surface area contributed by atoms with E-state index >= 15 is 0 Å². The molecule has 0 saturated carbocycles. The van der Waals surface area contributed by atoms with E-state index in [0.717, 1.165) is 12.8 Å². The molecule has 2 amide bonds. The van der Waals surface area contributed by atoms with E-state index < -0.39 is 5.97 Å². The molecule has 1 rings (SSSR count). The third-order valence-electron chi connectivity index (χ3n) is 2.70. The van der Waals surface area contributed by atoms with Crippen molar-refractivity contribution >= 4 is 17.8 Å². The molecule has 1 aliphatic heterocycles. The van der Waals surface area contributed by atoms with Gasteiger partial charge in [0.15, 0.2) is 0 Å². The number of carboxylic acid groups (broad SMARTS) is 1. The molecule has 6 heteroatoms. The number of rotatable bonds is 7. The Balaban J connectivity index is 2.04. The van der Waals surface area contributed by atoms with E-state index in [1.807, 2.05) is 0 Å². The summed E-state index contributed by atoms with van der Waals surface area (Å²) in [6, 6.07) is -0.285. The van der Waals surface area contributed by atoms with E-state index in [1.54, 1.807) is 0 Å². The van der Waals surface area contributed by atoms with Crippen LogP contribution in [0.4, 0.5) is 0 Å². The lowest BCUT2D eigenvalue weighted by Gasteiger charge is -2.21. The standard InChI is InChI=1S/C11H18N2O4/c14-9-6-5-8(11(17)13-9)12-7-3-1-2-4-10(15)16/h8,12H,1-7H2,(H,15,16)(H,13,14,17). The minimum atomic E-state index is -0.775. The van der Waals surface area contributed by atoms with E-state index in [2.05, 4.69) is 10.6 Å². The van der Waals surface area contributed by atoms with Crippen molar-refractivity contribution in [3.05, 3.63) is 0 Å². The summed E-state index contributed by atoms with van der Waals surface area (Å²) in [6.45, 7) is 0.673. The number of imide groups is 1. The largest absolute Gasteiger partial charge is 0.481 e. The van der Waals surface area contributed by atoms with Gasteiger partial charge in [-0.1, -0.05) is 6.42 Å². The zero-order valence-corrected chi connectivity index (χ0v) is 9.70. The molecule has 0 radical (unpaired) electrons. The zero-order valence-electron chi connectivity index (χ0n) is 9.70. The minimum Gasteiger partial charge on any atom is -0.481 e. The van der Waals surface area contributed by atoms with Gasteiger partial charge in [-0.3, -0.25) is 19.7 Å². The van der Waals surface area contributed by atoms with E-state index in [0.29, 0.717) is 25.8 Å². The monoisotopic (exact) mass is 242 g/mol. The third-order valence-corrected chi connectivity index (χ3v) is 2.70. The number of carbonyl (C=O) groups is 3. The summed E-state index contributed by atoms with van der Waals surface area (Å²) >= 11 is 0. The molecule has 1 fully saturated rings. The van der Waals surface area contributed by atoms with Crippen LogP contribution in [0.1, 0.15) is 38.5 Å². The summed E-state index contributed by atoms with van der Waals surface area (Å²) in [5, 5.41) is 13.8. The number of carboxylic acids is 1. The summed E-state index contributed by atoms with van der Waals surface area (Å²) in [7, 11) is 0. The number of hydrogen-bond acceptors (Lipinski definition) is 4. The zero-order chi connectivity index (χ0) is 12.7. The Morgan fingerprint density at radius 2 is 2.12 bits per heavy atom. The molecule has 1 heterocycles. The highest BCUT2D eigenvalue weighted by Gasteiger charge is 2.25. The molecule has 1 aliphatic rings. The van der Waals surface area contributed by atoms with Gasteiger partial charge in [0.25, 0.3) is 0 Å². The molecular weight excluding hydrogens is 224 g/mol. The van der Waals surface area contributed by atoms with Crippen LogP contribution >= 0.6 is 0 Å². The Hall–Kier alpha value is -1.43. The first kappa shape index (κ1) is 13.6. The van der Waals surface area contributed by atoms with Crippen molar-refractivity contribution in [2.45, 2.75) is 44.6 Å². The smallest absolute Gasteiger partial charge is 0.303 e. The van der Waals surface area contributed by atoms with E-state index in [4.69, 9.17) is 5.11 Å². The SMILES string of the molecule is O=C(O)CCCCCNC1CCC(=O)NC1=O. The van der Waals surface area contributed by atoms with Gasteiger partial charge in [0, 0.05) is 12.8 Å². The van der Waals surface area contributed by atoms with Gasteiger partial charge in [-0.05, 0) is 25.8 Å². The summed E-state index contributed by atoms with van der Waals surface area (Å²) < 4.78 is 0. The molecular formula is C11H18N2O4. The molecule has 6 nitrogen and oxygen atoms in total. The van der Waals surface area contributed by atoms with Gasteiger partial charge >= 0.3 is 5.97 Å². The predicted molar refractivity (Wildman–Crippen MR) is 60.3 cm³/mol. The second kappa shape index (κ2) is 7.01. The van der Waals surface area contributed by atoms with Crippen molar-refractivity contribution in [2.75, 3.05) is 6.54 Å². The van der Waals surface area contributed by atoms with E-state index in [1.165, 1.54) is 0 Å². The van der Waals surface area contributed by atoms with Crippen LogP contribution in [0.15, 0.2) is 0 Å². The first-order valence-electron chi connectivity index (χ1n) is 5.88. The van der Waals surface area contributed by atoms with Crippen molar-refractivity contribution in [1.29, 1.82) is 0 Å². The summed E-state index contributed by atoms with van der Waals surface area (Å²) in [5.74, 6) is -1.25. The molecule has 0 aliphatic carbocycles. The highest BCUT2D eigenvalue weighted by atomic mass is 16.4. The fraction of sp³-hybridized carbons (Fsp3) is 0.727. The molecule has 1 atom stereocenters. The topological polar surface area (TPSA) is 95.5 Å². The maximum Gasteiger partial charge on any atom is 0.303 e. The Bertz CT molecular complexity index is 304. The van der Waals surface area contributed by atoms with Gasteiger partial charge < -0.3 is 10.4 Å².